The number of hydrogen-bond acceptors (Lipinski definition) is 1. The van der Waals surface area contributed by atoms with Gasteiger partial charge in [-0.1, -0.05) is 71.6 Å². The van der Waals surface area contributed by atoms with Crippen molar-refractivity contribution < 1.29 is 0 Å². The predicted octanol–water partition coefficient (Wildman–Crippen LogP) is 5.01. The van der Waals surface area contributed by atoms with Gasteiger partial charge in [-0.3, -0.25) is 0 Å². The van der Waals surface area contributed by atoms with E-state index in [4.69, 9.17) is 0 Å². The molecule has 0 saturated heterocycles. The maximum atomic E-state index is 2.29. The van der Waals surface area contributed by atoms with Crippen molar-refractivity contribution >= 4 is 41.3 Å². The molecule has 0 atom stereocenters. The molecule has 16 heavy (non-hydrogen) atoms. The van der Waals surface area contributed by atoms with Gasteiger partial charge in [0.2, 0.25) is 0 Å². The molecule has 0 aromatic rings. The molecule has 0 spiro atoms. The van der Waals surface area contributed by atoms with E-state index in [1.54, 1.807) is 0 Å². The first-order chi connectivity index (χ1) is 7.41. The second-order valence-electron chi connectivity index (χ2n) is 4.38. The molecule has 0 aromatic heterocycles. The molecule has 0 aliphatic rings. The zero-order valence-electron chi connectivity index (χ0n) is 10.9. The molecular formula is C14H31NaS. The van der Waals surface area contributed by atoms with E-state index in [-0.39, 0.29) is 29.6 Å². The summed E-state index contributed by atoms with van der Waals surface area (Å²) in [5.74, 6) is 2.67. The zero-order chi connectivity index (χ0) is 11.2. The van der Waals surface area contributed by atoms with Crippen molar-refractivity contribution in [3.63, 3.8) is 0 Å². The summed E-state index contributed by atoms with van der Waals surface area (Å²) >= 11 is 2.09. The van der Waals surface area contributed by atoms with Crippen LogP contribution in [0.5, 0.6) is 0 Å². The third-order valence-corrected chi connectivity index (χ3v) is 3.83. The Kier molecular flexibility index (Phi) is 23.0. The first-order valence-electron chi connectivity index (χ1n) is 6.99. The zero-order valence-corrected chi connectivity index (χ0v) is 11.7. The topological polar surface area (TPSA) is 0 Å². The first kappa shape index (κ1) is 19.7. The Bertz CT molecular complexity index is 94.9. The van der Waals surface area contributed by atoms with Gasteiger partial charge in [-0.2, -0.15) is 11.8 Å². The summed E-state index contributed by atoms with van der Waals surface area (Å²) in [5, 5.41) is 0. The fourth-order valence-corrected chi connectivity index (χ4v) is 2.53. The quantitative estimate of drug-likeness (QED) is 0.348. The fraction of sp³-hybridized carbons (Fsp3) is 1.00. The second-order valence-corrected chi connectivity index (χ2v) is 5.77. The molecule has 0 fully saturated rings. The molecule has 0 rings (SSSR count). The third kappa shape index (κ3) is 17.7. The summed E-state index contributed by atoms with van der Waals surface area (Å²) in [7, 11) is 0. The molecule has 0 radical (unpaired) electrons. The van der Waals surface area contributed by atoms with Crippen LogP contribution in [0.25, 0.3) is 0 Å². The molecule has 2 heteroatoms. The number of hydrogen-bond donors (Lipinski definition) is 0. The second kappa shape index (κ2) is 18.7. The molecular weight excluding hydrogens is 223 g/mol. The number of unbranched alkanes of at least 4 members (excludes halogenated alkanes) is 9. The molecule has 0 amide bonds. The van der Waals surface area contributed by atoms with Gasteiger partial charge in [0.1, 0.15) is 0 Å². The van der Waals surface area contributed by atoms with E-state index in [0.717, 1.165) is 0 Å². The van der Waals surface area contributed by atoms with E-state index in [1.807, 2.05) is 0 Å². The van der Waals surface area contributed by atoms with Crippen LogP contribution in [0.2, 0.25) is 0 Å². The van der Waals surface area contributed by atoms with Gasteiger partial charge in [0.25, 0.3) is 0 Å². The van der Waals surface area contributed by atoms with Crippen molar-refractivity contribution in [2.75, 3.05) is 11.5 Å². The average molecular weight is 254 g/mol. The van der Waals surface area contributed by atoms with Crippen molar-refractivity contribution in [2.45, 2.75) is 78.1 Å². The van der Waals surface area contributed by atoms with Gasteiger partial charge in [0.15, 0.2) is 0 Å². The van der Waals surface area contributed by atoms with Gasteiger partial charge >= 0.3 is 29.6 Å². The summed E-state index contributed by atoms with van der Waals surface area (Å²) in [6.07, 6.45) is 14.5. The standard InChI is InChI=1S/C14H30S.Na.H/c1-3-5-6-7-8-9-10-11-12-13-14-15-4-2;;/h3-14H2,1-2H3;;. The van der Waals surface area contributed by atoms with E-state index in [1.165, 1.54) is 75.7 Å². The molecule has 0 nitrogen and oxygen atoms in total. The van der Waals surface area contributed by atoms with Gasteiger partial charge in [0.05, 0.1) is 0 Å². The maximum absolute atomic E-state index is 2.29. The minimum atomic E-state index is 0. The van der Waals surface area contributed by atoms with Gasteiger partial charge in [-0.15, -0.1) is 0 Å². The van der Waals surface area contributed by atoms with Crippen molar-refractivity contribution in [2.24, 2.45) is 0 Å². The van der Waals surface area contributed by atoms with Gasteiger partial charge in [-0.05, 0) is 17.9 Å². The van der Waals surface area contributed by atoms with Crippen LogP contribution in [-0.2, 0) is 0 Å². The predicted molar refractivity (Wildman–Crippen MR) is 82.0 cm³/mol. The third-order valence-electron chi connectivity index (χ3n) is 2.85. The van der Waals surface area contributed by atoms with Crippen LogP contribution < -0.4 is 0 Å². The number of thioether (sulfide) groups is 1. The average Bonchev–Trinajstić information content (AvgIpc) is 2.26. The number of rotatable bonds is 12. The molecule has 0 unspecified atom stereocenters. The van der Waals surface area contributed by atoms with E-state index < -0.39 is 0 Å². The van der Waals surface area contributed by atoms with Crippen LogP contribution in [0, 0.1) is 0 Å². The molecule has 0 aliphatic carbocycles. The van der Waals surface area contributed by atoms with Crippen LogP contribution in [0.1, 0.15) is 78.1 Å². The van der Waals surface area contributed by atoms with E-state index in [0.29, 0.717) is 0 Å². The summed E-state index contributed by atoms with van der Waals surface area (Å²) in [5.41, 5.74) is 0. The molecule has 0 aliphatic heterocycles. The molecule has 0 aromatic carbocycles. The molecule has 0 N–H and O–H groups in total. The summed E-state index contributed by atoms with van der Waals surface area (Å²) < 4.78 is 0. The minimum absolute atomic E-state index is 0. The van der Waals surface area contributed by atoms with Crippen molar-refractivity contribution in [1.29, 1.82) is 0 Å². The van der Waals surface area contributed by atoms with Crippen LogP contribution in [-0.4, -0.2) is 41.1 Å². The van der Waals surface area contributed by atoms with E-state index >= 15 is 0 Å². The van der Waals surface area contributed by atoms with Crippen LogP contribution in [0.4, 0.5) is 0 Å². The Morgan fingerprint density at radius 3 is 1.50 bits per heavy atom. The van der Waals surface area contributed by atoms with E-state index in [9.17, 15) is 0 Å². The van der Waals surface area contributed by atoms with Crippen molar-refractivity contribution in [3.05, 3.63) is 0 Å². The Balaban J connectivity index is 0. The van der Waals surface area contributed by atoms with Crippen LogP contribution >= 0.6 is 11.8 Å². The summed E-state index contributed by atoms with van der Waals surface area (Å²) in [6.45, 7) is 4.54. The van der Waals surface area contributed by atoms with Crippen LogP contribution in [0.3, 0.4) is 0 Å². The Hall–Kier alpha value is 1.35. The Morgan fingerprint density at radius 2 is 1.06 bits per heavy atom. The van der Waals surface area contributed by atoms with Gasteiger partial charge < -0.3 is 0 Å². The molecule has 0 heterocycles. The molecule has 94 valence electrons. The van der Waals surface area contributed by atoms with E-state index in [2.05, 4.69) is 25.6 Å². The summed E-state index contributed by atoms with van der Waals surface area (Å²) in [6, 6.07) is 0. The Morgan fingerprint density at radius 1 is 0.625 bits per heavy atom. The Labute approximate surface area is 130 Å². The summed E-state index contributed by atoms with van der Waals surface area (Å²) in [4.78, 5) is 0. The van der Waals surface area contributed by atoms with Gasteiger partial charge in [0, 0.05) is 0 Å². The fourth-order valence-electron chi connectivity index (χ4n) is 1.84. The van der Waals surface area contributed by atoms with Gasteiger partial charge in [-0.25, -0.2) is 0 Å². The molecule has 0 saturated carbocycles. The SMILES string of the molecule is CCCCCCCCCCCCSCC.[NaH]. The first-order valence-corrected chi connectivity index (χ1v) is 8.15. The normalized spacial score (nSPS) is 10.1. The van der Waals surface area contributed by atoms with Crippen LogP contribution in [0.15, 0.2) is 0 Å². The monoisotopic (exact) mass is 254 g/mol. The van der Waals surface area contributed by atoms with Crippen molar-refractivity contribution in [1.82, 2.24) is 0 Å². The molecule has 0 bridgehead atoms. The van der Waals surface area contributed by atoms with Crippen molar-refractivity contribution in [3.8, 4) is 0 Å².